The quantitative estimate of drug-likeness (QED) is 0.719. The highest BCUT2D eigenvalue weighted by atomic mass is 19.1. The van der Waals surface area contributed by atoms with Crippen LogP contribution in [0.2, 0.25) is 0 Å². The lowest BCUT2D eigenvalue weighted by atomic mass is 9.95. The molecule has 0 radical (unpaired) electrons. The number of nitrogens with one attached hydrogen (secondary N) is 2. The molecule has 180 valence electrons. The van der Waals surface area contributed by atoms with E-state index in [4.69, 9.17) is 4.74 Å². The minimum Gasteiger partial charge on any atom is -0.371 e. The minimum absolute atomic E-state index is 0.0501. The molecule has 1 fully saturated rings. The molecule has 8 nitrogen and oxygen atoms in total. The first-order valence-corrected chi connectivity index (χ1v) is 11.3. The molecule has 34 heavy (non-hydrogen) atoms. The van der Waals surface area contributed by atoms with Gasteiger partial charge in [0, 0.05) is 49.1 Å². The molecule has 2 amide bonds. The van der Waals surface area contributed by atoms with E-state index < -0.39 is 17.5 Å². The van der Waals surface area contributed by atoms with E-state index in [1.54, 1.807) is 18.0 Å². The fourth-order valence-electron chi connectivity index (χ4n) is 3.90. The minimum atomic E-state index is -0.490. The molecule has 2 atom stereocenters. The SMILES string of the molecule is CN1C(=O)C=C(c2ccncc2F)NC1N1CCO[C@@H](c2ccc(NC(=O)C(C)(C)C)cc2)C1. The number of aromatic nitrogens is 1. The molecule has 2 aliphatic heterocycles. The summed E-state index contributed by atoms with van der Waals surface area (Å²) in [6.45, 7) is 7.23. The summed E-state index contributed by atoms with van der Waals surface area (Å²) in [5.41, 5.74) is 1.95. The van der Waals surface area contributed by atoms with E-state index >= 15 is 0 Å². The second-order valence-corrected chi connectivity index (χ2v) is 9.56. The number of hydrogen-bond donors (Lipinski definition) is 2. The number of hydrogen-bond acceptors (Lipinski definition) is 6. The van der Waals surface area contributed by atoms with Crippen molar-refractivity contribution in [1.29, 1.82) is 0 Å². The maximum Gasteiger partial charge on any atom is 0.251 e. The Labute approximate surface area is 198 Å². The highest BCUT2D eigenvalue weighted by molar-refractivity contribution is 5.96. The molecule has 2 aromatic rings. The second kappa shape index (κ2) is 9.52. The lowest BCUT2D eigenvalue weighted by molar-refractivity contribution is -0.137. The molecule has 0 aliphatic carbocycles. The number of rotatable bonds is 4. The first-order chi connectivity index (χ1) is 16.1. The van der Waals surface area contributed by atoms with Gasteiger partial charge >= 0.3 is 0 Å². The number of nitrogens with zero attached hydrogens (tertiary/aromatic N) is 3. The van der Waals surface area contributed by atoms with Gasteiger partial charge in [0.15, 0.2) is 12.1 Å². The van der Waals surface area contributed by atoms with Crippen LogP contribution < -0.4 is 10.6 Å². The zero-order valence-electron chi connectivity index (χ0n) is 19.8. The van der Waals surface area contributed by atoms with Crippen LogP contribution in [0.5, 0.6) is 0 Å². The second-order valence-electron chi connectivity index (χ2n) is 9.56. The molecule has 0 bridgehead atoms. The summed E-state index contributed by atoms with van der Waals surface area (Å²) in [4.78, 5) is 32.4. The third-order valence-corrected chi connectivity index (χ3v) is 5.99. The molecule has 2 N–H and O–H groups in total. The fourth-order valence-corrected chi connectivity index (χ4v) is 3.90. The normalized spacial score (nSPS) is 21.6. The standard InChI is InChI=1S/C25H30FN5O3/c1-25(2,3)23(33)28-17-7-5-16(6-8-17)21-15-31(11-12-34-21)24-29-20(13-22(32)30(24)4)18-9-10-27-14-19(18)26/h5-10,13-14,21,24,29H,11-12,15H2,1-4H3,(H,28,33)/t21-,24?/m1/s1. The number of pyridine rings is 1. The van der Waals surface area contributed by atoms with Gasteiger partial charge in [0.1, 0.15) is 0 Å². The topological polar surface area (TPSA) is 86.8 Å². The van der Waals surface area contributed by atoms with E-state index in [0.29, 0.717) is 31.0 Å². The highest BCUT2D eigenvalue weighted by Crippen LogP contribution is 2.28. The van der Waals surface area contributed by atoms with Crippen LogP contribution in [0.4, 0.5) is 10.1 Å². The van der Waals surface area contributed by atoms with Gasteiger partial charge in [-0.15, -0.1) is 0 Å². The van der Waals surface area contributed by atoms with Gasteiger partial charge in [0.05, 0.1) is 24.6 Å². The zero-order valence-corrected chi connectivity index (χ0v) is 19.8. The number of anilines is 1. The van der Waals surface area contributed by atoms with E-state index in [0.717, 1.165) is 17.4 Å². The molecule has 9 heteroatoms. The number of carbonyl (C=O) groups is 2. The van der Waals surface area contributed by atoms with E-state index in [2.05, 4.69) is 20.5 Å². The largest absolute Gasteiger partial charge is 0.371 e. The van der Waals surface area contributed by atoms with Gasteiger partial charge in [-0.2, -0.15) is 0 Å². The Balaban J connectivity index is 1.47. The molecule has 1 aromatic carbocycles. The number of halogens is 1. The number of likely N-dealkylation sites (N-methyl/N-ethyl adjacent to an activating group) is 1. The summed E-state index contributed by atoms with van der Waals surface area (Å²) in [6, 6.07) is 9.15. The van der Waals surface area contributed by atoms with Gasteiger partial charge in [-0.05, 0) is 23.8 Å². The molecular weight excluding hydrogens is 437 g/mol. The molecule has 2 aliphatic rings. The molecule has 1 saturated heterocycles. The van der Waals surface area contributed by atoms with E-state index in [-0.39, 0.29) is 17.9 Å². The first-order valence-electron chi connectivity index (χ1n) is 11.3. The van der Waals surface area contributed by atoms with Crippen molar-refractivity contribution in [3.63, 3.8) is 0 Å². The number of amides is 2. The van der Waals surface area contributed by atoms with Crippen LogP contribution in [0.15, 0.2) is 48.8 Å². The Bertz CT molecular complexity index is 1100. The van der Waals surface area contributed by atoms with Crippen molar-refractivity contribution in [3.05, 3.63) is 65.7 Å². The number of benzene rings is 1. The van der Waals surface area contributed by atoms with Crippen LogP contribution in [0.3, 0.4) is 0 Å². The monoisotopic (exact) mass is 467 g/mol. The Kier molecular flexibility index (Phi) is 6.67. The van der Waals surface area contributed by atoms with E-state index in [1.165, 1.54) is 12.3 Å². The van der Waals surface area contributed by atoms with Gasteiger partial charge < -0.3 is 20.3 Å². The lowest BCUT2D eigenvalue weighted by Crippen LogP contribution is -2.61. The maximum atomic E-state index is 14.3. The van der Waals surface area contributed by atoms with Gasteiger partial charge in [-0.3, -0.25) is 19.5 Å². The summed E-state index contributed by atoms with van der Waals surface area (Å²) in [5, 5.41) is 6.22. The van der Waals surface area contributed by atoms with Crippen molar-refractivity contribution in [2.75, 3.05) is 32.1 Å². The molecule has 1 unspecified atom stereocenters. The van der Waals surface area contributed by atoms with Crippen molar-refractivity contribution in [3.8, 4) is 0 Å². The average Bonchev–Trinajstić information content (AvgIpc) is 2.81. The molecular formula is C25H30FN5O3. The smallest absolute Gasteiger partial charge is 0.251 e. The van der Waals surface area contributed by atoms with Crippen LogP contribution in [0.25, 0.3) is 5.70 Å². The molecule has 3 heterocycles. The van der Waals surface area contributed by atoms with Crippen molar-refractivity contribution >= 4 is 23.2 Å². The van der Waals surface area contributed by atoms with Crippen LogP contribution >= 0.6 is 0 Å². The summed E-state index contributed by atoms with van der Waals surface area (Å²) in [6.07, 6.45) is 3.37. The predicted molar refractivity (Wildman–Crippen MR) is 127 cm³/mol. The van der Waals surface area contributed by atoms with Crippen LogP contribution in [-0.4, -0.2) is 59.6 Å². The maximum absolute atomic E-state index is 14.3. The fraction of sp³-hybridized carbons (Fsp3) is 0.400. The number of carbonyl (C=O) groups excluding carboxylic acids is 2. The summed E-state index contributed by atoms with van der Waals surface area (Å²) >= 11 is 0. The third kappa shape index (κ3) is 5.10. The number of morpholine rings is 1. The van der Waals surface area contributed by atoms with Crippen LogP contribution in [0, 0.1) is 11.2 Å². The first kappa shape index (κ1) is 23.8. The average molecular weight is 468 g/mol. The molecule has 0 spiro atoms. The van der Waals surface area contributed by atoms with Crippen LogP contribution in [0.1, 0.15) is 38.0 Å². The van der Waals surface area contributed by atoms with Gasteiger partial charge in [-0.1, -0.05) is 32.9 Å². The van der Waals surface area contributed by atoms with E-state index in [9.17, 15) is 14.0 Å². The Morgan fingerprint density at radius 3 is 2.65 bits per heavy atom. The van der Waals surface area contributed by atoms with Crippen molar-refractivity contribution in [1.82, 2.24) is 20.1 Å². The van der Waals surface area contributed by atoms with Crippen molar-refractivity contribution < 1.29 is 18.7 Å². The highest BCUT2D eigenvalue weighted by Gasteiger charge is 2.34. The molecule has 0 saturated carbocycles. The third-order valence-electron chi connectivity index (χ3n) is 5.99. The summed E-state index contributed by atoms with van der Waals surface area (Å²) < 4.78 is 20.3. The van der Waals surface area contributed by atoms with Gasteiger partial charge in [-0.25, -0.2) is 4.39 Å². The van der Waals surface area contributed by atoms with Crippen LogP contribution in [-0.2, 0) is 14.3 Å². The Morgan fingerprint density at radius 2 is 1.97 bits per heavy atom. The zero-order chi connectivity index (χ0) is 24.5. The lowest BCUT2D eigenvalue weighted by Gasteiger charge is -2.44. The van der Waals surface area contributed by atoms with Crippen molar-refractivity contribution in [2.45, 2.75) is 33.2 Å². The van der Waals surface area contributed by atoms with E-state index in [1.807, 2.05) is 45.0 Å². The summed E-state index contributed by atoms with van der Waals surface area (Å²) in [7, 11) is 1.72. The molecule has 4 rings (SSSR count). The van der Waals surface area contributed by atoms with Crippen molar-refractivity contribution in [2.24, 2.45) is 5.41 Å². The Morgan fingerprint density at radius 1 is 1.24 bits per heavy atom. The molecule has 1 aromatic heterocycles. The van der Waals surface area contributed by atoms with Gasteiger partial charge in [0.25, 0.3) is 5.91 Å². The Hall–Kier alpha value is -3.30. The predicted octanol–water partition coefficient (Wildman–Crippen LogP) is 2.96. The summed E-state index contributed by atoms with van der Waals surface area (Å²) in [5.74, 6) is -0.751. The number of ether oxygens (including phenoxy) is 1. The van der Waals surface area contributed by atoms with Gasteiger partial charge in [0.2, 0.25) is 5.91 Å².